The molecule has 0 bridgehead atoms. The van der Waals surface area contributed by atoms with Gasteiger partial charge in [0.25, 0.3) is 0 Å². The molecule has 0 heterocycles. The van der Waals surface area contributed by atoms with Crippen molar-refractivity contribution in [3.63, 3.8) is 0 Å². The van der Waals surface area contributed by atoms with E-state index in [9.17, 15) is 8.39 Å². The van der Waals surface area contributed by atoms with E-state index in [1.54, 1.807) is 0 Å². The van der Waals surface area contributed by atoms with Crippen LogP contribution in [-0.4, -0.2) is 0 Å². The third-order valence-corrected chi connectivity index (χ3v) is 0. The molecule has 0 atom stereocenters. The number of rotatable bonds is 0. The van der Waals surface area contributed by atoms with E-state index in [1.165, 1.54) is 0 Å². The molecule has 0 N–H and O–H groups in total. The lowest BCUT2D eigenvalue weighted by Gasteiger charge is -1.93. The van der Waals surface area contributed by atoms with Crippen LogP contribution in [0.25, 0.3) is 0 Å². The molecule has 5 heteroatoms. The van der Waals surface area contributed by atoms with Crippen molar-refractivity contribution in [1.82, 2.24) is 0 Å². The maximum atomic E-state index is 10.0. The summed E-state index contributed by atoms with van der Waals surface area (Å²) in [6.07, 6.45) is 0. The van der Waals surface area contributed by atoms with Crippen LogP contribution in [0.5, 0.6) is 0 Å². The summed E-state index contributed by atoms with van der Waals surface area (Å²) in [5.41, 5.74) is 0. The Labute approximate surface area is 27.1 Å². The minimum atomic E-state index is -5.89. The van der Waals surface area contributed by atoms with Gasteiger partial charge in [-0.2, -0.15) is 8.39 Å². The second-order valence-electron chi connectivity index (χ2n) is 0.414. The van der Waals surface area contributed by atoms with E-state index < -0.39 is 7.99 Å². The summed E-state index contributed by atoms with van der Waals surface area (Å²) < 4.78 is 28.4. The molecule has 0 fully saturated rings. The molecule has 0 aromatic heterocycles. The van der Waals surface area contributed by atoms with E-state index in [0.29, 0.717) is 0 Å². The summed E-state index contributed by atoms with van der Waals surface area (Å²) in [7, 11) is -5.89. The summed E-state index contributed by atoms with van der Waals surface area (Å²) >= 11 is 0. The van der Waals surface area contributed by atoms with Crippen molar-refractivity contribution in [2.24, 2.45) is 0 Å². The van der Waals surface area contributed by atoms with Crippen molar-refractivity contribution in [2.75, 3.05) is 0 Å². The van der Waals surface area contributed by atoms with Crippen LogP contribution < -0.4 is 4.89 Å². The smallest absolute Gasteiger partial charge is 0.345 e. The van der Waals surface area contributed by atoms with Gasteiger partial charge in [0.05, 0.1) is 0 Å². The molecule has 0 aliphatic heterocycles. The van der Waals surface area contributed by atoms with Gasteiger partial charge in [-0.05, 0) is 0 Å². The van der Waals surface area contributed by atoms with E-state index >= 15 is 0 Å². The Morgan fingerprint density at radius 3 is 1.60 bits per heavy atom. The molecule has 0 aromatic carbocycles. The molecule has 0 aliphatic rings. The maximum absolute atomic E-state index is 10.0. The zero-order valence-electron chi connectivity index (χ0n) is 2.02. The summed E-state index contributed by atoms with van der Waals surface area (Å²) in [6.45, 7) is 0. The first-order chi connectivity index (χ1) is 2.00. The second kappa shape index (κ2) is 1.03. The van der Waals surface area contributed by atoms with Crippen molar-refractivity contribution in [2.45, 2.75) is 0 Å². The third-order valence-electron chi connectivity index (χ3n) is 0. The quantitative estimate of drug-likeness (QED) is 0.414. The SMILES string of the molecule is O=P([O-])(F)F. The fourth-order valence-corrected chi connectivity index (χ4v) is 0. The van der Waals surface area contributed by atoms with Gasteiger partial charge < -0.3 is 4.89 Å². The van der Waals surface area contributed by atoms with Crippen molar-refractivity contribution in [3.8, 4) is 0 Å². The van der Waals surface area contributed by atoms with Gasteiger partial charge >= 0.3 is 7.99 Å². The Bertz CT molecular complexity index is 53.8. The van der Waals surface area contributed by atoms with Crippen molar-refractivity contribution >= 4 is 7.99 Å². The van der Waals surface area contributed by atoms with Crippen LogP contribution in [0, 0.1) is 0 Å². The van der Waals surface area contributed by atoms with Crippen molar-refractivity contribution in [3.05, 3.63) is 0 Å². The topological polar surface area (TPSA) is 40.1 Å². The number of hydrogen-bond donors (Lipinski definition) is 0. The molecule has 0 radical (unpaired) electrons. The van der Waals surface area contributed by atoms with Gasteiger partial charge in [0.2, 0.25) is 0 Å². The summed E-state index contributed by atoms with van der Waals surface area (Å²) in [5.74, 6) is 0. The molecule has 2 nitrogen and oxygen atoms in total. The Hall–Kier alpha value is 0.0500. The van der Waals surface area contributed by atoms with E-state index in [-0.39, 0.29) is 0 Å². The monoisotopic (exact) mass is 101 g/mol. The Kier molecular flexibility index (Phi) is 1.04. The first kappa shape index (κ1) is 5.05. The van der Waals surface area contributed by atoms with Gasteiger partial charge in [0.1, 0.15) is 0 Å². The molecule has 0 amide bonds. The first-order valence-electron chi connectivity index (χ1n) is 0.703. The van der Waals surface area contributed by atoms with Gasteiger partial charge in [-0.25, -0.2) is 0 Å². The normalized spacial score (nSPS) is 11.8. The molecule has 0 saturated carbocycles. The van der Waals surface area contributed by atoms with Gasteiger partial charge in [-0.15, -0.1) is 0 Å². The Balaban J connectivity index is 3.47. The highest BCUT2D eigenvalue weighted by Crippen LogP contribution is 2.37. The third kappa shape index (κ3) is 6810. The van der Waals surface area contributed by atoms with Gasteiger partial charge in [-0.3, -0.25) is 4.57 Å². The lowest BCUT2D eigenvalue weighted by atomic mass is 15.9. The van der Waals surface area contributed by atoms with Crippen LogP contribution in [0.2, 0.25) is 0 Å². The predicted molar refractivity (Wildman–Crippen MR) is 9.82 cm³/mol. The van der Waals surface area contributed by atoms with E-state index in [1.807, 2.05) is 0 Å². The molecular weight excluding hydrogens is 101 g/mol. The van der Waals surface area contributed by atoms with Crippen LogP contribution in [-0.2, 0) is 4.57 Å². The average Bonchev–Trinajstić information content (AvgIpc) is 0.722. The number of halogens is 2. The minimum absolute atomic E-state index is 5.89. The highest BCUT2D eigenvalue weighted by molar-refractivity contribution is 7.44. The lowest BCUT2D eigenvalue weighted by Crippen LogP contribution is -1.84. The highest BCUT2D eigenvalue weighted by atomic mass is 31.2. The average molecular weight is 101 g/mol. The van der Waals surface area contributed by atoms with Crippen LogP contribution in [0.4, 0.5) is 8.39 Å². The molecule has 5 heavy (non-hydrogen) atoms. The van der Waals surface area contributed by atoms with Crippen LogP contribution in [0.1, 0.15) is 0 Å². The molecule has 0 saturated heterocycles. The number of hydrogen-bond acceptors (Lipinski definition) is 2. The van der Waals surface area contributed by atoms with E-state index in [2.05, 4.69) is 0 Å². The van der Waals surface area contributed by atoms with Crippen LogP contribution in [0.15, 0.2) is 0 Å². The summed E-state index contributed by atoms with van der Waals surface area (Å²) in [6, 6.07) is 0. The van der Waals surface area contributed by atoms with Crippen molar-refractivity contribution < 1.29 is 17.9 Å². The van der Waals surface area contributed by atoms with Crippen molar-refractivity contribution in [1.29, 1.82) is 0 Å². The second-order valence-corrected chi connectivity index (χ2v) is 1.24. The Morgan fingerprint density at radius 1 is 1.60 bits per heavy atom. The van der Waals surface area contributed by atoms with E-state index in [0.717, 1.165) is 0 Å². The fourth-order valence-electron chi connectivity index (χ4n) is 0. The highest BCUT2D eigenvalue weighted by Gasteiger charge is 1.91. The molecule has 0 aliphatic carbocycles. The molecule has 0 aromatic rings. The van der Waals surface area contributed by atoms with Crippen LogP contribution in [0.3, 0.4) is 0 Å². The van der Waals surface area contributed by atoms with Gasteiger partial charge in [0.15, 0.2) is 0 Å². The lowest BCUT2D eigenvalue weighted by molar-refractivity contribution is -0.198. The fraction of sp³-hybridized carbons (Fsp3) is 0. The standard InChI is InChI=1S/F2HO2P/c1-5(2,3)4/h(H,3,4)/p-1. The molecule has 0 unspecified atom stereocenters. The minimum Gasteiger partial charge on any atom is -0.749 e. The maximum Gasteiger partial charge on any atom is 0.345 e. The van der Waals surface area contributed by atoms with Gasteiger partial charge in [-0.1, -0.05) is 0 Å². The molecular formula is F2O2P-. The largest absolute Gasteiger partial charge is 0.749 e. The zero-order chi connectivity index (χ0) is 4.50. The Morgan fingerprint density at radius 2 is 1.60 bits per heavy atom. The van der Waals surface area contributed by atoms with Crippen LogP contribution >= 0.6 is 7.99 Å². The molecule has 0 spiro atoms. The van der Waals surface area contributed by atoms with E-state index in [4.69, 9.17) is 9.46 Å². The van der Waals surface area contributed by atoms with Gasteiger partial charge in [0, 0.05) is 0 Å². The molecule has 0 rings (SSSR count). The zero-order valence-corrected chi connectivity index (χ0v) is 2.91. The molecule has 32 valence electrons. The first-order valence-corrected chi connectivity index (χ1v) is 2.11. The predicted octanol–water partition coefficient (Wildman–Crippen LogP) is 0.394. The summed E-state index contributed by atoms with van der Waals surface area (Å²) in [4.78, 5) is 8.33. The summed E-state index contributed by atoms with van der Waals surface area (Å²) in [5, 5.41) is 0.